The van der Waals surface area contributed by atoms with Crippen molar-refractivity contribution in [1.82, 2.24) is 10.4 Å². The van der Waals surface area contributed by atoms with E-state index in [0.29, 0.717) is 6.42 Å². The fourth-order valence-corrected chi connectivity index (χ4v) is 2.53. The minimum Gasteiger partial charge on any atom is -0.496 e. The van der Waals surface area contributed by atoms with Crippen molar-refractivity contribution in [2.75, 3.05) is 7.11 Å². The maximum absolute atomic E-state index is 5.69. The summed E-state index contributed by atoms with van der Waals surface area (Å²) in [7, 11) is 1.67. The van der Waals surface area contributed by atoms with Crippen LogP contribution < -0.4 is 16.0 Å². The topological polar surface area (TPSA) is 60.2 Å². The largest absolute Gasteiger partial charge is 0.496 e. The van der Waals surface area contributed by atoms with Gasteiger partial charge in [-0.05, 0) is 54.8 Å². The van der Waals surface area contributed by atoms with E-state index in [2.05, 4.69) is 26.3 Å². The Morgan fingerprint density at radius 2 is 2.15 bits per heavy atom. The SMILES string of the molecule is COc1ccc(Br)cc1CC(NN)c1cc(C)ccn1. The summed E-state index contributed by atoms with van der Waals surface area (Å²) in [4.78, 5) is 4.39. The molecule has 1 heterocycles. The second-order valence-electron chi connectivity index (χ2n) is 4.64. The summed E-state index contributed by atoms with van der Waals surface area (Å²) in [6.45, 7) is 2.04. The molecule has 0 saturated carbocycles. The Hall–Kier alpha value is -1.43. The summed E-state index contributed by atoms with van der Waals surface area (Å²) in [5.74, 6) is 6.54. The number of benzene rings is 1. The maximum Gasteiger partial charge on any atom is 0.122 e. The molecule has 2 aromatic rings. The standard InChI is InChI=1S/C15H18BrN3O/c1-10-5-6-18-13(7-10)14(19-17)9-11-8-12(16)3-4-15(11)20-2/h3-8,14,19H,9,17H2,1-2H3. The molecule has 106 valence electrons. The van der Waals surface area contributed by atoms with Gasteiger partial charge in [0.15, 0.2) is 0 Å². The average molecular weight is 336 g/mol. The molecule has 0 amide bonds. The molecule has 0 bridgehead atoms. The highest BCUT2D eigenvalue weighted by molar-refractivity contribution is 9.10. The van der Waals surface area contributed by atoms with Crippen LogP contribution in [0.2, 0.25) is 0 Å². The van der Waals surface area contributed by atoms with E-state index in [1.165, 1.54) is 0 Å². The highest BCUT2D eigenvalue weighted by atomic mass is 79.9. The van der Waals surface area contributed by atoms with Crippen molar-refractivity contribution < 1.29 is 4.74 Å². The molecule has 1 aromatic carbocycles. The molecule has 1 atom stereocenters. The van der Waals surface area contributed by atoms with Gasteiger partial charge in [0.1, 0.15) is 5.75 Å². The zero-order valence-electron chi connectivity index (χ0n) is 11.6. The first-order valence-corrected chi connectivity index (χ1v) is 7.14. The Balaban J connectivity index is 2.28. The molecule has 2 rings (SSSR count). The normalized spacial score (nSPS) is 12.2. The predicted octanol–water partition coefficient (Wildman–Crippen LogP) is 2.91. The van der Waals surface area contributed by atoms with E-state index in [1.807, 2.05) is 37.3 Å². The van der Waals surface area contributed by atoms with Gasteiger partial charge >= 0.3 is 0 Å². The van der Waals surface area contributed by atoms with Crippen molar-refractivity contribution in [2.24, 2.45) is 5.84 Å². The van der Waals surface area contributed by atoms with Gasteiger partial charge in [0.05, 0.1) is 18.8 Å². The van der Waals surface area contributed by atoms with Crippen LogP contribution in [-0.2, 0) is 6.42 Å². The molecular weight excluding hydrogens is 318 g/mol. The molecular formula is C15H18BrN3O. The number of aromatic nitrogens is 1. The van der Waals surface area contributed by atoms with Crippen molar-refractivity contribution in [3.05, 3.63) is 57.8 Å². The molecule has 4 nitrogen and oxygen atoms in total. The fraction of sp³-hybridized carbons (Fsp3) is 0.267. The maximum atomic E-state index is 5.69. The first-order valence-electron chi connectivity index (χ1n) is 6.35. The smallest absolute Gasteiger partial charge is 0.122 e. The first-order chi connectivity index (χ1) is 9.63. The summed E-state index contributed by atoms with van der Waals surface area (Å²) < 4.78 is 6.41. The minimum absolute atomic E-state index is 0.0573. The summed E-state index contributed by atoms with van der Waals surface area (Å²) in [6, 6.07) is 9.89. The number of hydrazine groups is 1. The lowest BCUT2D eigenvalue weighted by molar-refractivity contribution is 0.405. The number of nitrogens with one attached hydrogen (secondary N) is 1. The molecule has 0 aliphatic carbocycles. The van der Waals surface area contributed by atoms with E-state index in [0.717, 1.165) is 27.0 Å². The molecule has 1 unspecified atom stereocenters. The third-order valence-corrected chi connectivity index (χ3v) is 3.65. The van der Waals surface area contributed by atoms with Crippen LogP contribution in [0.15, 0.2) is 41.0 Å². The number of halogens is 1. The third kappa shape index (κ3) is 3.56. The van der Waals surface area contributed by atoms with Crippen molar-refractivity contribution >= 4 is 15.9 Å². The van der Waals surface area contributed by atoms with Crippen LogP contribution in [0.4, 0.5) is 0 Å². The van der Waals surface area contributed by atoms with Crippen LogP contribution in [-0.4, -0.2) is 12.1 Å². The van der Waals surface area contributed by atoms with Gasteiger partial charge in [-0.15, -0.1) is 0 Å². The van der Waals surface area contributed by atoms with Gasteiger partial charge in [0, 0.05) is 10.7 Å². The quantitative estimate of drug-likeness (QED) is 0.651. The molecule has 3 N–H and O–H groups in total. The number of hydrogen-bond acceptors (Lipinski definition) is 4. The number of nitrogens with zero attached hydrogens (tertiary/aromatic N) is 1. The van der Waals surface area contributed by atoms with Crippen LogP contribution in [0, 0.1) is 6.92 Å². The van der Waals surface area contributed by atoms with Crippen LogP contribution >= 0.6 is 15.9 Å². The van der Waals surface area contributed by atoms with Gasteiger partial charge in [-0.2, -0.15) is 0 Å². The highest BCUT2D eigenvalue weighted by Crippen LogP contribution is 2.27. The van der Waals surface area contributed by atoms with Gasteiger partial charge < -0.3 is 4.74 Å². The summed E-state index contributed by atoms with van der Waals surface area (Å²) >= 11 is 3.48. The minimum atomic E-state index is -0.0573. The van der Waals surface area contributed by atoms with Crippen LogP contribution in [0.1, 0.15) is 22.9 Å². The summed E-state index contributed by atoms with van der Waals surface area (Å²) in [5, 5.41) is 0. The number of aryl methyl sites for hydroxylation is 1. The van der Waals surface area contributed by atoms with Gasteiger partial charge in [-0.1, -0.05) is 15.9 Å². The van der Waals surface area contributed by atoms with Crippen molar-refractivity contribution in [3.63, 3.8) is 0 Å². The molecule has 1 aromatic heterocycles. The van der Waals surface area contributed by atoms with E-state index in [1.54, 1.807) is 13.3 Å². The lowest BCUT2D eigenvalue weighted by Crippen LogP contribution is -2.30. The number of rotatable bonds is 5. The monoisotopic (exact) mass is 335 g/mol. The van der Waals surface area contributed by atoms with Gasteiger partial charge in [-0.25, -0.2) is 0 Å². The lowest BCUT2D eigenvalue weighted by Gasteiger charge is -2.17. The van der Waals surface area contributed by atoms with Gasteiger partial charge in [0.2, 0.25) is 0 Å². The van der Waals surface area contributed by atoms with E-state index >= 15 is 0 Å². The van der Waals surface area contributed by atoms with E-state index in [-0.39, 0.29) is 6.04 Å². The van der Waals surface area contributed by atoms with E-state index in [9.17, 15) is 0 Å². The fourth-order valence-electron chi connectivity index (χ4n) is 2.13. The highest BCUT2D eigenvalue weighted by Gasteiger charge is 2.15. The lowest BCUT2D eigenvalue weighted by atomic mass is 10.0. The zero-order valence-corrected chi connectivity index (χ0v) is 13.1. The van der Waals surface area contributed by atoms with Gasteiger partial charge in [0.25, 0.3) is 0 Å². The molecule has 0 spiro atoms. The zero-order chi connectivity index (χ0) is 14.5. The molecule has 20 heavy (non-hydrogen) atoms. The first kappa shape index (κ1) is 15.0. The Labute approximate surface area is 127 Å². The van der Waals surface area contributed by atoms with E-state index in [4.69, 9.17) is 10.6 Å². The molecule has 0 radical (unpaired) electrons. The molecule has 0 aliphatic heterocycles. The van der Waals surface area contributed by atoms with Crippen molar-refractivity contribution in [2.45, 2.75) is 19.4 Å². The van der Waals surface area contributed by atoms with Gasteiger partial charge in [-0.3, -0.25) is 16.3 Å². The Morgan fingerprint density at radius 3 is 2.80 bits per heavy atom. The second kappa shape index (κ2) is 6.83. The van der Waals surface area contributed by atoms with Crippen LogP contribution in [0.3, 0.4) is 0 Å². The molecule has 0 fully saturated rings. The molecule has 0 saturated heterocycles. The van der Waals surface area contributed by atoms with E-state index < -0.39 is 0 Å². The average Bonchev–Trinajstić information content (AvgIpc) is 2.45. The number of nitrogens with two attached hydrogens (primary N) is 1. The van der Waals surface area contributed by atoms with Crippen molar-refractivity contribution in [3.8, 4) is 5.75 Å². The molecule has 0 aliphatic rings. The number of hydrogen-bond donors (Lipinski definition) is 2. The Bertz CT molecular complexity index is 589. The summed E-state index contributed by atoms with van der Waals surface area (Å²) in [6.07, 6.45) is 2.50. The Morgan fingerprint density at radius 1 is 1.35 bits per heavy atom. The molecule has 5 heteroatoms. The Kier molecular flexibility index (Phi) is 5.11. The van der Waals surface area contributed by atoms with Crippen molar-refractivity contribution in [1.29, 1.82) is 0 Å². The second-order valence-corrected chi connectivity index (χ2v) is 5.55. The number of pyridine rings is 1. The number of ether oxygens (including phenoxy) is 1. The predicted molar refractivity (Wildman–Crippen MR) is 83.4 cm³/mol. The van der Waals surface area contributed by atoms with Crippen LogP contribution in [0.25, 0.3) is 0 Å². The third-order valence-electron chi connectivity index (χ3n) is 3.16. The summed E-state index contributed by atoms with van der Waals surface area (Å²) in [5.41, 5.74) is 6.00. The number of methoxy groups -OCH3 is 1. The van der Waals surface area contributed by atoms with Crippen LogP contribution in [0.5, 0.6) is 5.75 Å².